The zero-order valence-corrected chi connectivity index (χ0v) is 23.2. The fourth-order valence-corrected chi connectivity index (χ4v) is 5.43. The maximum Gasteiger partial charge on any atom is 0.271 e. The molecule has 0 saturated heterocycles. The van der Waals surface area contributed by atoms with Gasteiger partial charge < -0.3 is 0 Å². The van der Waals surface area contributed by atoms with Gasteiger partial charge in [0.15, 0.2) is 0 Å². The number of benzene rings is 1. The maximum absolute atomic E-state index is 12.5. The average Bonchev–Trinajstić information content (AvgIpc) is 2.90. The molecule has 2 N–H and O–H groups in total. The first kappa shape index (κ1) is 28.1. The zero-order chi connectivity index (χ0) is 26.3. The number of carbonyl (C=O) groups excluding carboxylic acids is 2. The van der Waals surface area contributed by atoms with Crippen LogP contribution in [0.25, 0.3) is 0 Å². The molecular formula is C30H46N4O2. The summed E-state index contributed by atoms with van der Waals surface area (Å²) in [5.74, 6) is 0.920. The number of carbonyl (C=O) groups is 2. The Kier molecular flexibility index (Phi) is 9.48. The Morgan fingerprint density at radius 1 is 0.694 bits per heavy atom. The number of nitrogens with zero attached hydrogens (tertiary/aromatic N) is 2. The number of amides is 2. The van der Waals surface area contributed by atoms with Crippen molar-refractivity contribution in [3.05, 3.63) is 35.4 Å². The second-order valence-electron chi connectivity index (χ2n) is 12.0. The summed E-state index contributed by atoms with van der Waals surface area (Å²) >= 11 is 0. The Bertz CT molecular complexity index is 876. The Morgan fingerprint density at radius 3 is 1.28 bits per heavy atom. The molecule has 36 heavy (non-hydrogen) atoms. The third-order valence-electron chi connectivity index (χ3n) is 9.20. The van der Waals surface area contributed by atoms with Crippen LogP contribution in [0.5, 0.6) is 0 Å². The highest BCUT2D eigenvalue weighted by Gasteiger charge is 2.31. The predicted octanol–water partition coefficient (Wildman–Crippen LogP) is 7.11. The van der Waals surface area contributed by atoms with Crippen molar-refractivity contribution in [1.82, 2.24) is 10.9 Å². The normalized spacial score (nSPS) is 21.1. The van der Waals surface area contributed by atoms with E-state index in [2.05, 4.69) is 62.6 Å². The van der Waals surface area contributed by atoms with Crippen LogP contribution in [0, 0.1) is 22.7 Å². The second-order valence-corrected chi connectivity index (χ2v) is 12.0. The topological polar surface area (TPSA) is 82.9 Å². The third kappa shape index (κ3) is 7.27. The molecule has 1 aromatic carbocycles. The van der Waals surface area contributed by atoms with Crippen molar-refractivity contribution in [3.8, 4) is 0 Å². The lowest BCUT2D eigenvalue weighted by atomic mass is 9.69. The summed E-state index contributed by atoms with van der Waals surface area (Å²) in [4.78, 5) is 25.1. The molecular weight excluding hydrogens is 448 g/mol. The lowest BCUT2D eigenvalue weighted by Crippen LogP contribution is -2.29. The molecule has 1 aromatic rings. The molecule has 2 aliphatic rings. The van der Waals surface area contributed by atoms with E-state index in [1.54, 1.807) is 24.3 Å². The largest absolute Gasteiger partial charge is 0.271 e. The van der Waals surface area contributed by atoms with E-state index in [1.165, 1.54) is 12.8 Å². The summed E-state index contributed by atoms with van der Waals surface area (Å²) in [6, 6.07) is 6.65. The highest BCUT2D eigenvalue weighted by molar-refractivity contribution is 5.99. The van der Waals surface area contributed by atoms with Gasteiger partial charge in [0.05, 0.1) is 0 Å². The highest BCUT2D eigenvalue weighted by atomic mass is 16.2. The van der Waals surface area contributed by atoms with Crippen LogP contribution in [0.15, 0.2) is 34.5 Å². The molecule has 6 nitrogen and oxygen atoms in total. The van der Waals surface area contributed by atoms with Crippen LogP contribution < -0.4 is 10.9 Å². The van der Waals surface area contributed by atoms with E-state index in [9.17, 15) is 9.59 Å². The van der Waals surface area contributed by atoms with Crippen LogP contribution in [0.4, 0.5) is 0 Å². The average molecular weight is 495 g/mol. The third-order valence-corrected chi connectivity index (χ3v) is 9.20. The van der Waals surface area contributed by atoms with E-state index < -0.39 is 0 Å². The number of hydrazone groups is 2. The van der Waals surface area contributed by atoms with Gasteiger partial charge in [0.25, 0.3) is 11.8 Å². The number of hydrogen-bond donors (Lipinski definition) is 2. The van der Waals surface area contributed by atoms with Crippen molar-refractivity contribution in [2.75, 3.05) is 0 Å². The number of nitrogens with one attached hydrogen (secondary N) is 2. The molecule has 0 unspecified atom stereocenters. The Labute approximate surface area is 217 Å². The molecule has 0 aliphatic heterocycles. The van der Waals surface area contributed by atoms with Crippen LogP contribution in [0.3, 0.4) is 0 Å². The fraction of sp³-hybridized carbons (Fsp3) is 0.667. The Morgan fingerprint density at radius 2 is 1.00 bits per heavy atom. The van der Waals surface area contributed by atoms with Crippen molar-refractivity contribution in [3.63, 3.8) is 0 Å². The van der Waals surface area contributed by atoms with E-state index in [0.29, 0.717) is 33.8 Å². The standard InChI is InChI=1S/C30H46N4O2/c1-7-29(3,4)23-13-17-25(18-14-23)31-33-27(35)21-9-11-22(12-10-21)28(36)34-32-26-19-15-24(16-20-26)30(5,6)8-2/h9-12,23-24H,7-8,13-20H2,1-6H3,(H,33,35)(H,34,36). The maximum atomic E-state index is 12.5. The monoisotopic (exact) mass is 494 g/mol. The molecule has 2 fully saturated rings. The molecule has 0 heterocycles. The Balaban J connectivity index is 1.46. The minimum absolute atomic E-state index is 0.252. The molecule has 0 bridgehead atoms. The quantitative estimate of drug-likeness (QED) is 0.377. The number of hydrogen-bond acceptors (Lipinski definition) is 4. The minimum Gasteiger partial charge on any atom is -0.267 e. The van der Waals surface area contributed by atoms with Gasteiger partial charge >= 0.3 is 0 Å². The predicted molar refractivity (Wildman–Crippen MR) is 148 cm³/mol. The summed E-state index contributed by atoms with van der Waals surface area (Å²) in [5, 5.41) is 8.77. The lowest BCUT2D eigenvalue weighted by Gasteiger charge is -2.36. The first-order valence-corrected chi connectivity index (χ1v) is 13.9. The van der Waals surface area contributed by atoms with E-state index in [4.69, 9.17) is 0 Å². The van der Waals surface area contributed by atoms with E-state index in [-0.39, 0.29) is 11.8 Å². The summed E-state index contributed by atoms with van der Waals surface area (Å²) in [6.07, 6.45) is 10.6. The van der Waals surface area contributed by atoms with Crippen molar-refractivity contribution < 1.29 is 9.59 Å². The van der Waals surface area contributed by atoms with E-state index >= 15 is 0 Å². The summed E-state index contributed by atoms with van der Waals surface area (Å²) < 4.78 is 0. The van der Waals surface area contributed by atoms with Gasteiger partial charge in [-0.05, 0) is 98.3 Å². The van der Waals surface area contributed by atoms with Gasteiger partial charge in [-0.3, -0.25) is 9.59 Å². The molecule has 0 radical (unpaired) electrons. The van der Waals surface area contributed by atoms with Crippen LogP contribution in [0.1, 0.15) is 126 Å². The van der Waals surface area contributed by atoms with Gasteiger partial charge in [0.2, 0.25) is 0 Å². The van der Waals surface area contributed by atoms with Crippen LogP contribution in [-0.4, -0.2) is 23.2 Å². The van der Waals surface area contributed by atoms with Gasteiger partial charge in [-0.25, -0.2) is 10.9 Å². The van der Waals surface area contributed by atoms with Crippen molar-refractivity contribution in [2.24, 2.45) is 32.9 Å². The van der Waals surface area contributed by atoms with Crippen molar-refractivity contribution in [2.45, 2.75) is 106 Å². The van der Waals surface area contributed by atoms with Gasteiger partial charge in [-0.1, -0.05) is 54.4 Å². The van der Waals surface area contributed by atoms with E-state index in [0.717, 1.165) is 62.8 Å². The summed E-state index contributed by atoms with van der Waals surface area (Å²) in [6.45, 7) is 13.9. The molecule has 2 aliphatic carbocycles. The summed E-state index contributed by atoms with van der Waals surface area (Å²) in [7, 11) is 0. The molecule has 198 valence electrons. The van der Waals surface area contributed by atoms with Gasteiger partial charge in [0.1, 0.15) is 0 Å². The minimum atomic E-state index is -0.252. The van der Waals surface area contributed by atoms with Gasteiger partial charge in [-0.2, -0.15) is 10.2 Å². The van der Waals surface area contributed by atoms with Gasteiger partial charge in [-0.15, -0.1) is 0 Å². The molecule has 0 atom stereocenters. The summed E-state index contributed by atoms with van der Waals surface area (Å²) in [5.41, 5.74) is 9.22. The van der Waals surface area contributed by atoms with Crippen molar-refractivity contribution in [1.29, 1.82) is 0 Å². The highest BCUT2D eigenvalue weighted by Crippen LogP contribution is 2.40. The Hall–Kier alpha value is -2.50. The molecule has 6 heteroatoms. The SMILES string of the molecule is CCC(C)(C)C1CCC(=NNC(=O)c2ccc(C(=O)NN=C3CCC(C(C)(C)CC)CC3)cc2)CC1. The number of rotatable bonds is 8. The first-order chi connectivity index (χ1) is 17.1. The van der Waals surface area contributed by atoms with Gasteiger partial charge in [0, 0.05) is 22.6 Å². The molecule has 0 aromatic heterocycles. The second kappa shape index (κ2) is 12.2. The first-order valence-electron chi connectivity index (χ1n) is 13.9. The fourth-order valence-electron chi connectivity index (χ4n) is 5.43. The van der Waals surface area contributed by atoms with Crippen LogP contribution in [-0.2, 0) is 0 Å². The van der Waals surface area contributed by atoms with Crippen LogP contribution in [0.2, 0.25) is 0 Å². The lowest BCUT2D eigenvalue weighted by molar-refractivity contribution is 0.0942. The molecule has 2 amide bonds. The van der Waals surface area contributed by atoms with Crippen molar-refractivity contribution >= 4 is 23.2 Å². The molecule has 0 spiro atoms. The van der Waals surface area contributed by atoms with E-state index in [1.807, 2.05) is 0 Å². The smallest absolute Gasteiger partial charge is 0.267 e. The molecule has 3 rings (SSSR count). The zero-order valence-electron chi connectivity index (χ0n) is 23.2. The molecule has 2 saturated carbocycles. The van der Waals surface area contributed by atoms with Crippen LogP contribution >= 0.6 is 0 Å².